The Hall–Kier alpha value is -2.01. The van der Waals surface area contributed by atoms with Crippen molar-refractivity contribution in [2.75, 3.05) is 13.7 Å². The molecule has 0 amide bonds. The van der Waals surface area contributed by atoms with E-state index in [0.717, 1.165) is 11.3 Å². The highest BCUT2D eigenvalue weighted by Crippen LogP contribution is 2.11. The van der Waals surface area contributed by atoms with Crippen LogP contribution in [0.25, 0.3) is 0 Å². The van der Waals surface area contributed by atoms with E-state index < -0.39 is 0 Å². The predicted octanol–water partition coefficient (Wildman–Crippen LogP) is 2.46. The summed E-state index contributed by atoms with van der Waals surface area (Å²) in [5.41, 5.74) is 1.10. The molecule has 2 rings (SSSR count). The SMILES string of the molecule is COc1ccc(COCCn2c(=O)ccn2C(C)C)cc1. The summed E-state index contributed by atoms with van der Waals surface area (Å²) in [6.07, 6.45) is 1.82. The molecule has 0 aliphatic heterocycles. The average molecular weight is 290 g/mol. The Balaban J connectivity index is 1.84. The van der Waals surface area contributed by atoms with Crippen molar-refractivity contribution >= 4 is 0 Å². The summed E-state index contributed by atoms with van der Waals surface area (Å²) in [5.74, 6) is 0.833. The molecule has 114 valence electrons. The molecule has 0 fully saturated rings. The van der Waals surface area contributed by atoms with Crippen molar-refractivity contribution in [2.24, 2.45) is 0 Å². The smallest absolute Gasteiger partial charge is 0.266 e. The second-order valence-corrected chi connectivity index (χ2v) is 5.15. The van der Waals surface area contributed by atoms with Crippen molar-refractivity contribution in [1.29, 1.82) is 0 Å². The van der Waals surface area contributed by atoms with Gasteiger partial charge in [0, 0.05) is 18.3 Å². The van der Waals surface area contributed by atoms with Gasteiger partial charge in [-0.25, -0.2) is 4.68 Å². The van der Waals surface area contributed by atoms with Crippen LogP contribution < -0.4 is 10.3 Å². The first-order valence-electron chi connectivity index (χ1n) is 7.10. The lowest BCUT2D eigenvalue weighted by Gasteiger charge is -2.15. The van der Waals surface area contributed by atoms with Crippen molar-refractivity contribution < 1.29 is 9.47 Å². The zero-order valence-electron chi connectivity index (χ0n) is 12.8. The molecule has 21 heavy (non-hydrogen) atoms. The van der Waals surface area contributed by atoms with E-state index in [1.165, 1.54) is 0 Å². The van der Waals surface area contributed by atoms with Crippen LogP contribution in [-0.4, -0.2) is 23.1 Å². The van der Waals surface area contributed by atoms with Crippen LogP contribution in [0.15, 0.2) is 41.3 Å². The third-order valence-electron chi connectivity index (χ3n) is 3.31. The maximum atomic E-state index is 11.8. The van der Waals surface area contributed by atoms with Gasteiger partial charge in [0.2, 0.25) is 0 Å². The molecule has 0 bridgehead atoms. The van der Waals surface area contributed by atoms with Gasteiger partial charge in [-0.1, -0.05) is 12.1 Å². The third kappa shape index (κ3) is 3.98. The number of aromatic nitrogens is 2. The van der Waals surface area contributed by atoms with Crippen LogP contribution in [0.1, 0.15) is 25.5 Å². The van der Waals surface area contributed by atoms with Gasteiger partial charge in [-0.05, 0) is 31.5 Å². The van der Waals surface area contributed by atoms with Gasteiger partial charge >= 0.3 is 0 Å². The average Bonchev–Trinajstić information content (AvgIpc) is 2.85. The normalized spacial score (nSPS) is 11.0. The fraction of sp³-hybridized carbons (Fsp3) is 0.438. The molecule has 1 aromatic carbocycles. The summed E-state index contributed by atoms with van der Waals surface area (Å²) in [6.45, 7) is 5.69. The standard InChI is InChI=1S/C16H22N2O3/c1-13(2)17-9-8-16(19)18(17)10-11-21-12-14-4-6-15(20-3)7-5-14/h4-9,13H,10-12H2,1-3H3. The maximum Gasteiger partial charge on any atom is 0.266 e. The molecule has 0 saturated carbocycles. The molecule has 2 aromatic rings. The topological polar surface area (TPSA) is 45.4 Å². The summed E-state index contributed by atoms with van der Waals surface area (Å²) in [7, 11) is 1.65. The first-order valence-corrected chi connectivity index (χ1v) is 7.10. The highest BCUT2D eigenvalue weighted by molar-refractivity contribution is 5.26. The van der Waals surface area contributed by atoms with E-state index >= 15 is 0 Å². The highest BCUT2D eigenvalue weighted by Gasteiger charge is 2.06. The largest absolute Gasteiger partial charge is 0.497 e. The summed E-state index contributed by atoms with van der Waals surface area (Å²) in [6, 6.07) is 9.61. The molecular formula is C16H22N2O3. The molecule has 0 aliphatic rings. The summed E-state index contributed by atoms with van der Waals surface area (Å²) in [5, 5.41) is 0. The minimum atomic E-state index is 0.0109. The van der Waals surface area contributed by atoms with Crippen LogP contribution in [0.5, 0.6) is 5.75 Å². The first-order chi connectivity index (χ1) is 10.1. The molecular weight excluding hydrogens is 268 g/mol. The van der Waals surface area contributed by atoms with Crippen molar-refractivity contribution in [3.63, 3.8) is 0 Å². The molecule has 0 radical (unpaired) electrons. The summed E-state index contributed by atoms with van der Waals surface area (Å²) >= 11 is 0. The molecule has 0 unspecified atom stereocenters. The first kappa shape index (κ1) is 15.4. The molecule has 0 saturated heterocycles. The Morgan fingerprint density at radius 2 is 1.86 bits per heavy atom. The quantitative estimate of drug-likeness (QED) is 0.736. The molecule has 0 N–H and O–H groups in total. The zero-order chi connectivity index (χ0) is 15.2. The Morgan fingerprint density at radius 1 is 1.14 bits per heavy atom. The Kier molecular flexibility index (Phi) is 5.22. The zero-order valence-corrected chi connectivity index (χ0v) is 12.8. The fourth-order valence-electron chi connectivity index (χ4n) is 2.16. The maximum absolute atomic E-state index is 11.8. The van der Waals surface area contributed by atoms with E-state index in [1.807, 2.05) is 49.0 Å². The lowest BCUT2D eigenvalue weighted by Crippen LogP contribution is -2.26. The molecule has 0 spiro atoms. The Morgan fingerprint density at radius 3 is 2.48 bits per heavy atom. The Labute approximate surface area is 124 Å². The van der Waals surface area contributed by atoms with Crippen molar-refractivity contribution in [1.82, 2.24) is 9.36 Å². The van der Waals surface area contributed by atoms with Crippen molar-refractivity contribution in [3.05, 3.63) is 52.4 Å². The second-order valence-electron chi connectivity index (χ2n) is 5.15. The Bertz CT molecular complexity index is 611. The number of hydrogen-bond acceptors (Lipinski definition) is 3. The number of ether oxygens (including phenoxy) is 2. The molecule has 1 heterocycles. The van der Waals surface area contributed by atoms with Gasteiger partial charge in [0.15, 0.2) is 0 Å². The van der Waals surface area contributed by atoms with E-state index in [2.05, 4.69) is 0 Å². The molecule has 5 nitrogen and oxygen atoms in total. The van der Waals surface area contributed by atoms with E-state index in [-0.39, 0.29) is 11.6 Å². The van der Waals surface area contributed by atoms with Crippen LogP contribution in [0.2, 0.25) is 0 Å². The van der Waals surface area contributed by atoms with Gasteiger partial charge in [0.1, 0.15) is 5.75 Å². The molecule has 5 heteroatoms. The molecule has 1 aromatic heterocycles. The van der Waals surface area contributed by atoms with Crippen LogP contribution >= 0.6 is 0 Å². The predicted molar refractivity (Wildman–Crippen MR) is 81.7 cm³/mol. The van der Waals surface area contributed by atoms with E-state index in [4.69, 9.17) is 9.47 Å². The van der Waals surface area contributed by atoms with E-state index in [9.17, 15) is 4.79 Å². The molecule has 0 atom stereocenters. The minimum absolute atomic E-state index is 0.0109. The lowest BCUT2D eigenvalue weighted by molar-refractivity contribution is 0.106. The van der Waals surface area contributed by atoms with Crippen LogP contribution in [0, 0.1) is 0 Å². The lowest BCUT2D eigenvalue weighted by atomic mass is 10.2. The second kappa shape index (κ2) is 7.13. The fourth-order valence-corrected chi connectivity index (χ4v) is 2.16. The van der Waals surface area contributed by atoms with Gasteiger partial charge < -0.3 is 9.47 Å². The van der Waals surface area contributed by atoms with Gasteiger partial charge in [-0.15, -0.1) is 0 Å². The summed E-state index contributed by atoms with van der Waals surface area (Å²) < 4.78 is 14.4. The number of benzene rings is 1. The van der Waals surface area contributed by atoms with Gasteiger partial charge in [0.25, 0.3) is 5.56 Å². The van der Waals surface area contributed by atoms with E-state index in [1.54, 1.807) is 17.9 Å². The van der Waals surface area contributed by atoms with Crippen molar-refractivity contribution in [3.8, 4) is 5.75 Å². The summed E-state index contributed by atoms with van der Waals surface area (Å²) in [4.78, 5) is 11.8. The third-order valence-corrected chi connectivity index (χ3v) is 3.31. The van der Waals surface area contributed by atoms with E-state index in [0.29, 0.717) is 19.8 Å². The minimum Gasteiger partial charge on any atom is -0.497 e. The van der Waals surface area contributed by atoms with Crippen LogP contribution in [-0.2, 0) is 17.9 Å². The number of hydrogen-bond donors (Lipinski definition) is 0. The number of rotatable bonds is 7. The number of methoxy groups -OCH3 is 1. The van der Waals surface area contributed by atoms with Gasteiger partial charge in [-0.3, -0.25) is 9.48 Å². The molecule has 0 aliphatic carbocycles. The van der Waals surface area contributed by atoms with Gasteiger partial charge in [0.05, 0.1) is 26.9 Å². The van der Waals surface area contributed by atoms with Crippen LogP contribution in [0.3, 0.4) is 0 Å². The monoisotopic (exact) mass is 290 g/mol. The van der Waals surface area contributed by atoms with Gasteiger partial charge in [-0.2, -0.15) is 0 Å². The van der Waals surface area contributed by atoms with Crippen molar-refractivity contribution in [2.45, 2.75) is 33.0 Å². The number of nitrogens with zero attached hydrogens (tertiary/aromatic N) is 2. The van der Waals surface area contributed by atoms with Crippen LogP contribution in [0.4, 0.5) is 0 Å². The highest BCUT2D eigenvalue weighted by atomic mass is 16.5.